The number of allylic oxidation sites excluding steroid dienone is 1. The lowest BCUT2D eigenvalue weighted by Crippen LogP contribution is -2.43. The number of hydrogen-bond donors (Lipinski definition) is 2. The second-order valence-corrected chi connectivity index (χ2v) is 5.62. The standard InChI is InChI=1S/C16H24N2O3/c1-4-5-6-7-11-14(16(20)21-3)10(2)18-12-8-17-9-13(19)15(11)12/h11,17-18H,4-9H2,1-3H3. The predicted molar refractivity (Wildman–Crippen MR) is 80.4 cm³/mol. The fourth-order valence-corrected chi connectivity index (χ4v) is 3.17. The highest BCUT2D eigenvalue weighted by molar-refractivity contribution is 6.03. The van der Waals surface area contributed by atoms with Gasteiger partial charge in [0.25, 0.3) is 0 Å². The summed E-state index contributed by atoms with van der Waals surface area (Å²) in [7, 11) is 1.39. The van der Waals surface area contributed by atoms with Gasteiger partial charge in [-0.3, -0.25) is 4.79 Å². The van der Waals surface area contributed by atoms with Crippen molar-refractivity contribution in [2.75, 3.05) is 20.2 Å². The van der Waals surface area contributed by atoms with E-state index in [9.17, 15) is 9.59 Å². The van der Waals surface area contributed by atoms with Crippen LogP contribution >= 0.6 is 0 Å². The number of dihydropyridines is 1. The molecule has 0 spiro atoms. The van der Waals surface area contributed by atoms with Crippen LogP contribution in [-0.2, 0) is 14.3 Å². The number of nitrogens with one attached hydrogen (secondary N) is 2. The van der Waals surface area contributed by atoms with Gasteiger partial charge in [0.1, 0.15) is 0 Å². The van der Waals surface area contributed by atoms with E-state index < -0.39 is 0 Å². The van der Waals surface area contributed by atoms with Gasteiger partial charge in [0.15, 0.2) is 5.78 Å². The van der Waals surface area contributed by atoms with Crippen LogP contribution in [0, 0.1) is 5.92 Å². The van der Waals surface area contributed by atoms with Crippen molar-refractivity contribution >= 4 is 11.8 Å². The maximum absolute atomic E-state index is 12.3. The Balaban J connectivity index is 2.35. The van der Waals surface area contributed by atoms with Crippen molar-refractivity contribution in [1.82, 2.24) is 10.6 Å². The Kier molecular flexibility index (Phi) is 5.17. The van der Waals surface area contributed by atoms with Crippen molar-refractivity contribution in [3.8, 4) is 0 Å². The molecule has 116 valence electrons. The summed E-state index contributed by atoms with van der Waals surface area (Å²) >= 11 is 0. The van der Waals surface area contributed by atoms with E-state index in [4.69, 9.17) is 4.74 Å². The molecule has 1 atom stereocenters. The van der Waals surface area contributed by atoms with Gasteiger partial charge >= 0.3 is 5.97 Å². The molecule has 0 amide bonds. The number of ketones is 1. The molecule has 2 N–H and O–H groups in total. The minimum Gasteiger partial charge on any atom is -0.466 e. The van der Waals surface area contributed by atoms with E-state index in [1.54, 1.807) is 0 Å². The van der Waals surface area contributed by atoms with Crippen molar-refractivity contribution in [3.05, 3.63) is 22.5 Å². The van der Waals surface area contributed by atoms with Gasteiger partial charge in [-0.05, 0) is 13.3 Å². The molecule has 0 aromatic carbocycles. The average Bonchev–Trinajstić information content (AvgIpc) is 2.46. The largest absolute Gasteiger partial charge is 0.466 e. The Labute approximate surface area is 125 Å². The third kappa shape index (κ3) is 3.18. The van der Waals surface area contributed by atoms with E-state index in [0.29, 0.717) is 18.7 Å². The number of rotatable bonds is 5. The number of carbonyl (C=O) groups is 2. The molecular formula is C16H24N2O3. The van der Waals surface area contributed by atoms with Crippen LogP contribution in [-0.4, -0.2) is 32.0 Å². The molecule has 5 heteroatoms. The number of methoxy groups -OCH3 is 1. The quantitative estimate of drug-likeness (QED) is 0.596. The Morgan fingerprint density at radius 1 is 1.33 bits per heavy atom. The lowest BCUT2D eigenvalue weighted by atomic mass is 9.79. The van der Waals surface area contributed by atoms with Crippen LogP contribution < -0.4 is 10.6 Å². The first-order chi connectivity index (χ1) is 10.1. The smallest absolute Gasteiger partial charge is 0.336 e. The summed E-state index contributed by atoms with van der Waals surface area (Å²) in [6.45, 7) is 5.02. The highest BCUT2D eigenvalue weighted by atomic mass is 16.5. The molecule has 0 aromatic heterocycles. The van der Waals surface area contributed by atoms with E-state index >= 15 is 0 Å². The van der Waals surface area contributed by atoms with Crippen LogP contribution in [0.25, 0.3) is 0 Å². The molecule has 1 unspecified atom stereocenters. The second kappa shape index (κ2) is 6.89. The third-order valence-corrected chi connectivity index (χ3v) is 4.15. The van der Waals surface area contributed by atoms with E-state index in [-0.39, 0.29) is 17.7 Å². The van der Waals surface area contributed by atoms with Crippen molar-refractivity contribution in [3.63, 3.8) is 0 Å². The molecule has 21 heavy (non-hydrogen) atoms. The molecule has 0 radical (unpaired) electrons. The van der Waals surface area contributed by atoms with Crippen molar-refractivity contribution in [1.29, 1.82) is 0 Å². The zero-order valence-electron chi connectivity index (χ0n) is 13.0. The fraction of sp³-hybridized carbons (Fsp3) is 0.625. The molecule has 0 saturated heterocycles. The lowest BCUT2D eigenvalue weighted by molar-refractivity contribution is -0.136. The van der Waals surface area contributed by atoms with Crippen molar-refractivity contribution in [2.24, 2.45) is 5.92 Å². The molecule has 0 bridgehead atoms. The minimum absolute atomic E-state index is 0.0825. The summed E-state index contributed by atoms with van der Waals surface area (Å²) in [5, 5.41) is 6.30. The zero-order chi connectivity index (χ0) is 15.4. The first-order valence-electron chi connectivity index (χ1n) is 7.63. The Morgan fingerprint density at radius 3 is 2.76 bits per heavy atom. The number of carbonyl (C=O) groups excluding carboxylic acids is 2. The molecule has 2 aliphatic heterocycles. The van der Waals surface area contributed by atoms with Crippen LogP contribution in [0.3, 0.4) is 0 Å². The Hall–Kier alpha value is -1.62. The van der Waals surface area contributed by atoms with Crippen LogP contribution in [0.1, 0.15) is 39.5 Å². The van der Waals surface area contributed by atoms with Gasteiger partial charge in [0.05, 0.1) is 19.2 Å². The van der Waals surface area contributed by atoms with Gasteiger partial charge in [0, 0.05) is 29.4 Å². The summed E-state index contributed by atoms with van der Waals surface area (Å²) in [5.74, 6) is -0.381. The Morgan fingerprint density at radius 2 is 2.10 bits per heavy atom. The summed E-state index contributed by atoms with van der Waals surface area (Å²) in [6, 6.07) is 0. The average molecular weight is 292 g/mol. The lowest BCUT2D eigenvalue weighted by Gasteiger charge is -2.34. The van der Waals surface area contributed by atoms with E-state index in [2.05, 4.69) is 17.6 Å². The van der Waals surface area contributed by atoms with E-state index in [1.807, 2.05) is 6.92 Å². The monoisotopic (exact) mass is 292 g/mol. The molecule has 0 aliphatic carbocycles. The normalized spacial score (nSPS) is 22.0. The van der Waals surface area contributed by atoms with E-state index in [1.165, 1.54) is 7.11 Å². The maximum Gasteiger partial charge on any atom is 0.336 e. The topological polar surface area (TPSA) is 67.4 Å². The van der Waals surface area contributed by atoms with Crippen molar-refractivity contribution < 1.29 is 14.3 Å². The van der Waals surface area contributed by atoms with Crippen LogP contribution in [0.4, 0.5) is 0 Å². The van der Waals surface area contributed by atoms with Crippen LogP contribution in [0.2, 0.25) is 0 Å². The number of hydrogen-bond acceptors (Lipinski definition) is 5. The minimum atomic E-state index is -0.334. The number of ether oxygens (including phenoxy) is 1. The summed E-state index contributed by atoms with van der Waals surface area (Å²) in [6.07, 6.45) is 4.05. The molecule has 0 fully saturated rings. The summed E-state index contributed by atoms with van der Waals surface area (Å²) in [4.78, 5) is 24.4. The SMILES string of the molecule is CCCCCC1C(C(=O)OC)=C(C)NC2=C1C(=O)CNC2. The van der Waals surface area contributed by atoms with E-state index in [0.717, 1.165) is 42.7 Å². The first-order valence-corrected chi connectivity index (χ1v) is 7.63. The van der Waals surface area contributed by atoms with Gasteiger partial charge in [-0.15, -0.1) is 0 Å². The van der Waals surface area contributed by atoms with Gasteiger partial charge in [-0.1, -0.05) is 26.2 Å². The van der Waals surface area contributed by atoms with Crippen LogP contribution in [0.15, 0.2) is 22.5 Å². The van der Waals surface area contributed by atoms with Gasteiger partial charge < -0.3 is 15.4 Å². The number of Topliss-reactive ketones (excluding diaryl/α,β-unsaturated/α-hetero) is 1. The number of unbranched alkanes of at least 4 members (excludes halogenated alkanes) is 2. The first kappa shape index (κ1) is 15.8. The van der Waals surface area contributed by atoms with Gasteiger partial charge in [-0.2, -0.15) is 0 Å². The molecule has 2 rings (SSSR count). The second-order valence-electron chi connectivity index (χ2n) is 5.62. The maximum atomic E-state index is 12.3. The fourth-order valence-electron chi connectivity index (χ4n) is 3.17. The van der Waals surface area contributed by atoms with Crippen LogP contribution in [0.5, 0.6) is 0 Å². The predicted octanol–water partition coefficient (Wildman–Crippen LogP) is 1.66. The number of esters is 1. The highest BCUT2D eigenvalue weighted by Crippen LogP contribution is 2.35. The molecular weight excluding hydrogens is 268 g/mol. The Bertz CT molecular complexity index is 506. The molecule has 2 heterocycles. The van der Waals surface area contributed by atoms with Crippen molar-refractivity contribution in [2.45, 2.75) is 39.5 Å². The van der Waals surface area contributed by atoms with Gasteiger partial charge in [0.2, 0.25) is 0 Å². The third-order valence-electron chi connectivity index (χ3n) is 4.15. The zero-order valence-corrected chi connectivity index (χ0v) is 13.0. The highest BCUT2D eigenvalue weighted by Gasteiger charge is 2.37. The summed E-state index contributed by atoms with van der Waals surface area (Å²) < 4.78 is 4.93. The molecule has 0 aromatic rings. The molecule has 0 saturated carbocycles. The molecule has 2 aliphatic rings. The molecule has 5 nitrogen and oxygen atoms in total. The van der Waals surface area contributed by atoms with Gasteiger partial charge in [-0.25, -0.2) is 4.79 Å². The summed E-state index contributed by atoms with van der Waals surface area (Å²) in [5.41, 5.74) is 3.11.